The minimum absolute atomic E-state index is 0.0773. The zero-order valence-electron chi connectivity index (χ0n) is 13.4. The van der Waals surface area contributed by atoms with Crippen molar-refractivity contribution >= 4 is 72.4 Å². The molecule has 0 heterocycles. The number of benzene rings is 2. The summed E-state index contributed by atoms with van der Waals surface area (Å²) < 4.78 is 45.7. The highest BCUT2D eigenvalue weighted by Crippen LogP contribution is 2.36. The number of halogens is 6. The quantitative estimate of drug-likeness (QED) is 0.463. The second kappa shape index (κ2) is 8.76. The van der Waals surface area contributed by atoms with Gasteiger partial charge in [-0.15, -0.1) is 0 Å². The molecule has 0 fully saturated rings. The van der Waals surface area contributed by atoms with E-state index in [-0.39, 0.29) is 27.1 Å². The summed E-state index contributed by atoms with van der Waals surface area (Å²) in [6.07, 6.45) is -4.65. The van der Waals surface area contributed by atoms with Crippen LogP contribution in [0.3, 0.4) is 0 Å². The smallest absolute Gasteiger partial charge is 0.418 e. The van der Waals surface area contributed by atoms with E-state index in [1.165, 1.54) is 19.2 Å². The molecule has 144 valence electrons. The van der Waals surface area contributed by atoms with Gasteiger partial charge in [0.1, 0.15) is 5.75 Å². The molecule has 0 saturated carbocycles. The summed E-state index contributed by atoms with van der Waals surface area (Å²) in [5, 5.41) is 4.30. The fourth-order valence-corrected chi connectivity index (χ4v) is 3.88. The van der Waals surface area contributed by atoms with Gasteiger partial charge in [0.05, 0.1) is 28.4 Å². The molecular formula is C16H10Br2ClF3N2O2S. The summed E-state index contributed by atoms with van der Waals surface area (Å²) in [6, 6.07) is 6.33. The summed E-state index contributed by atoms with van der Waals surface area (Å²) in [5.74, 6) is -0.408. The lowest BCUT2D eigenvalue weighted by Gasteiger charge is -2.16. The Hall–Kier alpha value is -1.36. The topological polar surface area (TPSA) is 50.4 Å². The van der Waals surface area contributed by atoms with Crippen LogP contribution in [-0.4, -0.2) is 18.1 Å². The predicted octanol–water partition coefficient (Wildman–Crippen LogP) is 6.02. The maximum atomic E-state index is 13.1. The Morgan fingerprint density at radius 1 is 1.22 bits per heavy atom. The minimum Gasteiger partial charge on any atom is -0.495 e. The molecule has 0 aliphatic heterocycles. The zero-order chi connectivity index (χ0) is 20.4. The first-order valence-corrected chi connectivity index (χ1v) is 9.42. The molecule has 0 radical (unpaired) electrons. The van der Waals surface area contributed by atoms with Crippen molar-refractivity contribution in [3.05, 3.63) is 55.4 Å². The molecule has 2 rings (SSSR count). The minimum atomic E-state index is -4.65. The molecular weight excluding hydrogens is 537 g/mol. The molecule has 27 heavy (non-hydrogen) atoms. The van der Waals surface area contributed by atoms with E-state index >= 15 is 0 Å². The van der Waals surface area contributed by atoms with Gasteiger partial charge in [-0.3, -0.25) is 10.1 Å². The molecule has 2 N–H and O–H groups in total. The van der Waals surface area contributed by atoms with Gasteiger partial charge >= 0.3 is 6.18 Å². The normalized spacial score (nSPS) is 11.1. The Kier molecular flexibility index (Phi) is 7.12. The van der Waals surface area contributed by atoms with Gasteiger partial charge in [0.2, 0.25) is 0 Å². The van der Waals surface area contributed by atoms with Crippen molar-refractivity contribution in [2.45, 2.75) is 6.18 Å². The Balaban J connectivity index is 2.24. The van der Waals surface area contributed by atoms with Gasteiger partial charge in [0.25, 0.3) is 5.91 Å². The molecule has 1 amide bonds. The Morgan fingerprint density at radius 3 is 2.48 bits per heavy atom. The number of ether oxygens (including phenoxy) is 1. The molecule has 11 heteroatoms. The number of hydrogen-bond donors (Lipinski definition) is 2. The summed E-state index contributed by atoms with van der Waals surface area (Å²) in [5.41, 5.74) is -1.20. The number of anilines is 1. The van der Waals surface area contributed by atoms with Crippen molar-refractivity contribution in [1.29, 1.82) is 0 Å². The molecule has 0 saturated heterocycles. The van der Waals surface area contributed by atoms with Gasteiger partial charge in [-0.25, -0.2) is 0 Å². The Bertz CT molecular complexity index is 910. The van der Waals surface area contributed by atoms with Crippen LogP contribution in [0.25, 0.3) is 0 Å². The van der Waals surface area contributed by atoms with Gasteiger partial charge in [-0.1, -0.05) is 27.5 Å². The van der Waals surface area contributed by atoms with Crippen LogP contribution in [0.4, 0.5) is 18.9 Å². The Morgan fingerprint density at radius 2 is 1.89 bits per heavy atom. The molecule has 0 bridgehead atoms. The van der Waals surface area contributed by atoms with E-state index < -0.39 is 17.6 Å². The zero-order valence-corrected chi connectivity index (χ0v) is 18.1. The van der Waals surface area contributed by atoms with E-state index in [1.807, 2.05) is 0 Å². The van der Waals surface area contributed by atoms with Crippen LogP contribution in [0.1, 0.15) is 15.9 Å². The van der Waals surface area contributed by atoms with Crippen molar-refractivity contribution in [3.63, 3.8) is 0 Å². The highest BCUT2D eigenvalue weighted by molar-refractivity contribution is 9.11. The molecule has 0 aromatic heterocycles. The predicted molar refractivity (Wildman–Crippen MR) is 109 cm³/mol. The average molecular weight is 547 g/mol. The van der Waals surface area contributed by atoms with Crippen LogP contribution in [0.15, 0.2) is 39.3 Å². The lowest BCUT2D eigenvalue weighted by molar-refractivity contribution is -0.136. The van der Waals surface area contributed by atoms with E-state index in [1.54, 1.807) is 6.07 Å². The van der Waals surface area contributed by atoms with Crippen molar-refractivity contribution in [3.8, 4) is 5.75 Å². The summed E-state index contributed by atoms with van der Waals surface area (Å²) in [7, 11) is 1.38. The van der Waals surface area contributed by atoms with Gasteiger partial charge in [0.15, 0.2) is 5.11 Å². The highest BCUT2D eigenvalue weighted by Gasteiger charge is 2.34. The van der Waals surface area contributed by atoms with Gasteiger partial charge < -0.3 is 10.1 Å². The maximum Gasteiger partial charge on any atom is 0.418 e. The van der Waals surface area contributed by atoms with Crippen LogP contribution in [0, 0.1) is 0 Å². The standard InChI is InChI=1S/C16H10Br2ClF3N2O2S/c1-26-13-9(4-7(17)5-11(13)18)14(25)24-15(27)23-12-3-2-8(19)6-10(12)16(20,21)22/h2-6H,1H3,(H2,23,24,25,27). The van der Waals surface area contributed by atoms with Gasteiger partial charge in [-0.2, -0.15) is 13.2 Å². The Labute approximate surface area is 179 Å². The molecule has 0 aliphatic rings. The van der Waals surface area contributed by atoms with E-state index in [4.69, 9.17) is 28.6 Å². The first-order chi connectivity index (χ1) is 12.5. The number of hydrogen-bond acceptors (Lipinski definition) is 3. The molecule has 0 aliphatic carbocycles. The molecule has 2 aromatic rings. The van der Waals surface area contributed by atoms with E-state index in [9.17, 15) is 18.0 Å². The van der Waals surface area contributed by atoms with Crippen molar-refractivity contribution < 1.29 is 22.7 Å². The molecule has 0 atom stereocenters. The monoisotopic (exact) mass is 544 g/mol. The van der Waals surface area contributed by atoms with Crippen LogP contribution in [-0.2, 0) is 6.18 Å². The SMILES string of the molecule is COc1c(Br)cc(Br)cc1C(=O)NC(=S)Nc1ccc(Cl)cc1C(F)(F)F. The van der Waals surface area contributed by atoms with Crippen LogP contribution >= 0.6 is 55.7 Å². The number of rotatable bonds is 3. The lowest BCUT2D eigenvalue weighted by atomic mass is 10.1. The molecule has 4 nitrogen and oxygen atoms in total. The average Bonchev–Trinajstić information content (AvgIpc) is 2.54. The maximum absolute atomic E-state index is 13.1. The van der Waals surface area contributed by atoms with Crippen LogP contribution < -0.4 is 15.4 Å². The largest absolute Gasteiger partial charge is 0.495 e. The third-order valence-corrected chi connectivity index (χ3v) is 4.71. The van der Waals surface area contributed by atoms with Crippen molar-refractivity contribution in [1.82, 2.24) is 5.32 Å². The third kappa shape index (κ3) is 5.56. The van der Waals surface area contributed by atoms with Crippen molar-refractivity contribution in [2.24, 2.45) is 0 Å². The van der Waals surface area contributed by atoms with Gasteiger partial charge in [-0.05, 0) is 58.5 Å². The van der Waals surface area contributed by atoms with Gasteiger partial charge in [0, 0.05) is 9.50 Å². The number of amides is 1. The third-order valence-electron chi connectivity index (χ3n) is 3.22. The second-order valence-electron chi connectivity index (χ2n) is 5.06. The number of methoxy groups -OCH3 is 1. The second-order valence-corrected chi connectivity index (χ2v) is 7.68. The van der Waals surface area contributed by atoms with E-state index in [0.717, 1.165) is 12.1 Å². The van der Waals surface area contributed by atoms with Crippen LogP contribution in [0.5, 0.6) is 5.75 Å². The number of alkyl halides is 3. The fraction of sp³-hybridized carbons (Fsp3) is 0.125. The fourth-order valence-electron chi connectivity index (χ4n) is 2.12. The summed E-state index contributed by atoms with van der Waals surface area (Å²) in [4.78, 5) is 12.5. The van der Waals surface area contributed by atoms with E-state index in [0.29, 0.717) is 8.95 Å². The lowest BCUT2D eigenvalue weighted by Crippen LogP contribution is -2.35. The molecule has 2 aromatic carbocycles. The first kappa shape index (κ1) is 21.9. The number of nitrogens with one attached hydrogen (secondary N) is 2. The molecule has 0 spiro atoms. The molecule has 0 unspecified atom stereocenters. The van der Waals surface area contributed by atoms with E-state index in [2.05, 4.69) is 42.5 Å². The number of thiocarbonyl (C=S) groups is 1. The summed E-state index contributed by atoms with van der Waals surface area (Å²) >= 11 is 17.1. The number of carbonyl (C=O) groups excluding carboxylic acids is 1. The van der Waals surface area contributed by atoms with Crippen molar-refractivity contribution in [2.75, 3.05) is 12.4 Å². The summed E-state index contributed by atoms with van der Waals surface area (Å²) in [6.45, 7) is 0. The first-order valence-electron chi connectivity index (χ1n) is 7.05. The number of carbonyl (C=O) groups is 1. The highest BCUT2D eigenvalue weighted by atomic mass is 79.9. The van der Waals surface area contributed by atoms with Crippen LogP contribution in [0.2, 0.25) is 5.02 Å².